The third-order valence-electron chi connectivity index (χ3n) is 2.82. The number of ether oxygens (including phenoxy) is 1. The Kier molecular flexibility index (Phi) is 6.39. The zero-order valence-electron chi connectivity index (χ0n) is 11.8. The first kappa shape index (κ1) is 17.7. The van der Waals surface area contributed by atoms with Crippen molar-refractivity contribution in [1.82, 2.24) is 0 Å². The van der Waals surface area contributed by atoms with E-state index in [0.717, 1.165) is 5.56 Å². The number of carbonyl (C=O) groups is 1. The van der Waals surface area contributed by atoms with E-state index in [0.29, 0.717) is 4.90 Å². The number of esters is 1. The van der Waals surface area contributed by atoms with E-state index in [1.807, 2.05) is 6.92 Å². The smallest absolute Gasteiger partial charge is 0.393 e. The lowest BCUT2D eigenvalue weighted by Gasteiger charge is -2.19. The van der Waals surface area contributed by atoms with Crippen LogP contribution in [-0.2, 0) is 20.3 Å². The summed E-state index contributed by atoms with van der Waals surface area (Å²) in [5.74, 6) is -3.55. The predicted molar refractivity (Wildman–Crippen MR) is 73.2 cm³/mol. The van der Waals surface area contributed by atoms with Crippen molar-refractivity contribution < 1.29 is 26.9 Å². The first-order chi connectivity index (χ1) is 9.74. The highest BCUT2D eigenvalue weighted by Gasteiger charge is 2.42. The lowest BCUT2D eigenvalue weighted by Crippen LogP contribution is -2.31. The SMILES string of the molecule is CCOC(=O)C[C@@H](CS(=O)c1ccc(C)cc1)C(F)(F)F. The molecule has 3 nitrogen and oxygen atoms in total. The van der Waals surface area contributed by atoms with Crippen LogP contribution in [0.15, 0.2) is 29.2 Å². The zero-order chi connectivity index (χ0) is 16.0. The van der Waals surface area contributed by atoms with Crippen molar-refractivity contribution in [3.63, 3.8) is 0 Å². The van der Waals surface area contributed by atoms with Crippen molar-refractivity contribution in [2.24, 2.45) is 5.92 Å². The number of carbonyl (C=O) groups excluding carboxylic acids is 1. The van der Waals surface area contributed by atoms with Crippen LogP contribution in [0, 0.1) is 12.8 Å². The number of hydrogen-bond acceptors (Lipinski definition) is 3. The highest BCUT2D eigenvalue weighted by Crippen LogP contribution is 2.31. The Hall–Kier alpha value is -1.37. The van der Waals surface area contributed by atoms with Gasteiger partial charge in [-0.25, -0.2) is 0 Å². The van der Waals surface area contributed by atoms with E-state index < -0.39 is 41.0 Å². The van der Waals surface area contributed by atoms with Crippen LogP contribution < -0.4 is 0 Å². The quantitative estimate of drug-likeness (QED) is 0.755. The molecule has 7 heteroatoms. The van der Waals surface area contributed by atoms with Crippen LogP contribution in [0.4, 0.5) is 13.2 Å². The molecule has 1 unspecified atom stereocenters. The van der Waals surface area contributed by atoms with Gasteiger partial charge in [0.2, 0.25) is 0 Å². The summed E-state index contributed by atoms with van der Waals surface area (Å²) >= 11 is 0. The lowest BCUT2D eigenvalue weighted by molar-refractivity contribution is -0.179. The maximum absolute atomic E-state index is 12.9. The van der Waals surface area contributed by atoms with E-state index in [1.54, 1.807) is 12.1 Å². The van der Waals surface area contributed by atoms with Crippen molar-refractivity contribution in [2.75, 3.05) is 12.4 Å². The van der Waals surface area contributed by atoms with Gasteiger partial charge in [0, 0.05) is 10.6 Å². The van der Waals surface area contributed by atoms with Gasteiger partial charge in [0.05, 0.1) is 29.7 Å². The average molecular weight is 322 g/mol. The first-order valence-electron chi connectivity index (χ1n) is 6.41. The van der Waals surface area contributed by atoms with Crippen LogP contribution in [-0.4, -0.2) is 28.7 Å². The third-order valence-corrected chi connectivity index (χ3v) is 4.32. The molecule has 21 heavy (non-hydrogen) atoms. The summed E-state index contributed by atoms with van der Waals surface area (Å²) in [5, 5.41) is 0. The van der Waals surface area contributed by atoms with E-state index in [9.17, 15) is 22.2 Å². The largest absolute Gasteiger partial charge is 0.466 e. The molecule has 0 saturated carbocycles. The van der Waals surface area contributed by atoms with Gasteiger partial charge in [-0.2, -0.15) is 13.2 Å². The minimum atomic E-state index is -4.59. The Bertz CT molecular complexity index is 497. The first-order valence-corrected chi connectivity index (χ1v) is 7.73. The van der Waals surface area contributed by atoms with Crippen LogP contribution in [0.3, 0.4) is 0 Å². The summed E-state index contributed by atoms with van der Waals surface area (Å²) in [6, 6.07) is 6.43. The molecule has 0 saturated heterocycles. The second-order valence-corrected chi connectivity index (χ2v) is 6.07. The normalized spacial score (nSPS) is 14.5. The molecule has 0 aliphatic rings. The molecule has 0 bridgehead atoms. The molecule has 0 aliphatic carbocycles. The van der Waals surface area contributed by atoms with Crippen molar-refractivity contribution in [1.29, 1.82) is 0 Å². The minimum Gasteiger partial charge on any atom is -0.466 e. The Morgan fingerprint density at radius 1 is 1.29 bits per heavy atom. The standard InChI is InChI=1S/C14H17F3O3S/c1-3-20-13(18)8-11(14(15,16)17)9-21(19)12-6-4-10(2)5-7-12/h4-7,11H,3,8-9H2,1-2H3/t11-,21?/m0/s1. The fraction of sp³-hybridized carbons (Fsp3) is 0.500. The molecule has 0 radical (unpaired) electrons. The summed E-state index contributed by atoms with van der Waals surface area (Å²) in [4.78, 5) is 11.6. The van der Waals surface area contributed by atoms with E-state index in [4.69, 9.17) is 0 Å². The molecule has 0 aliphatic heterocycles. The summed E-state index contributed by atoms with van der Waals surface area (Å²) in [7, 11) is -1.82. The van der Waals surface area contributed by atoms with Crippen LogP contribution in [0.2, 0.25) is 0 Å². The maximum atomic E-state index is 12.9. The molecular formula is C14H17F3O3S. The van der Waals surface area contributed by atoms with Gasteiger partial charge in [-0.1, -0.05) is 17.7 Å². The Morgan fingerprint density at radius 3 is 2.33 bits per heavy atom. The molecular weight excluding hydrogens is 305 g/mol. The van der Waals surface area contributed by atoms with E-state index >= 15 is 0 Å². The third kappa shape index (κ3) is 5.87. The van der Waals surface area contributed by atoms with Gasteiger partial charge in [0.15, 0.2) is 0 Å². The summed E-state index contributed by atoms with van der Waals surface area (Å²) in [6.07, 6.45) is -5.40. The van der Waals surface area contributed by atoms with Gasteiger partial charge < -0.3 is 4.74 Å². The topological polar surface area (TPSA) is 43.4 Å². The summed E-state index contributed by atoms with van der Waals surface area (Å²) < 4.78 is 55.3. The lowest BCUT2D eigenvalue weighted by atomic mass is 10.1. The number of rotatable bonds is 6. The van der Waals surface area contributed by atoms with Crippen LogP contribution in [0.25, 0.3) is 0 Å². The molecule has 1 aromatic carbocycles. The molecule has 0 aromatic heterocycles. The fourth-order valence-electron chi connectivity index (χ4n) is 1.66. The monoisotopic (exact) mass is 322 g/mol. The summed E-state index contributed by atoms with van der Waals surface area (Å²) in [5.41, 5.74) is 0.926. The molecule has 118 valence electrons. The molecule has 0 heterocycles. The molecule has 0 amide bonds. The highest BCUT2D eigenvalue weighted by atomic mass is 32.2. The van der Waals surface area contributed by atoms with Crippen molar-refractivity contribution >= 4 is 16.8 Å². The van der Waals surface area contributed by atoms with Gasteiger partial charge in [-0.3, -0.25) is 9.00 Å². The van der Waals surface area contributed by atoms with Crippen molar-refractivity contribution in [3.05, 3.63) is 29.8 Å². The van der Waals surface area contributed by atoms with Gasteiger partial charge in [0.1, 0.15) is 0 Å². The average Bonchev–Trinajstić information content (AvgIpc) is 2.37. The number of hydrogen-bond donors (Lipinski definition) is 0. The van der Waals surface area contributed by atoms with E-state index in [1.165, 1.54) is 19.1 Å². The number of aryl methyl sites for hydroxylation is 1. The molecule has 1 aromatic rings. The Morgan fingerprint density at radius 2 is 1.86 bits per heavy atom. The number of halogens is 3. The second-order valence-electron chi connectivity index (χ2n) is 4.57. The molecule has 0 spiro atoms. The Labute approximate surface area is 123 Å². The fourth-order valence-corrected chi connectivity index (χ4v) is 2.96. The van der Waals surface area contributed by atoms with E-state index in [2.05, 4.69) is 4.74 Å². The molecule has 0 fully saturated rings. The van der Waals surface area contributed by atoms with Crippen LogP contribution in [0.1, 0.15) is 18.9 Å². The molecule has 0 N–H and O–H groups in total. The van der Waals surface area contributed by atoms with Crippen LogP contribution >= 0.6 is 0 Å². The van der Waals surface area contributed by atoms with Gasteiger partial charge in [0.25, 0.3) is 0 Å². The summed E-state index contributed by atoms with van der Waals surface area (Å²) in [6.45, 7) is 3.36. The van der Waals surface area contributed by atoms with E-state index in [-0.39, 0.29) is 6.61 Å². The van der Waals surface area contributed by atoms with Gasteiger partial charge in [-0.05, 0) is 26.0 Å². The van der Waals surface area contributed by atoms with Crippen molar-refractivity contribution in [2.45, 2.75) is 31.3 Å². The zero-order valence-corrected chi connectivity index (χ0v) is 12.6. The van der Waals surface area contributed by atoms with Crippen molar-refractivity contribution in [3.8, 4) is 0 Å². The van der Waals surface area contributed by atoms with Gasteiger partial charge in [-0.15, -0.1) is 0 Å². The highest BCUT2D eigenvalue weighted by molar-refractivity contribution is 7.85. The number of benzene rings is 1. The van der Waals surface area contributed by atoms with Crippen LogP contribution in [0.5, 0.6) is 0 Å². The Balaban J connectivity index is 2.79. The molecule has 1 rings (SSSR count). The maximum Gasteiger partial charge on any atom is 0.393 e. The minimum absolute atomic E-state index is 0.0183. The van der Waals surface area contributed by atoms with Gasteiger partial charge >= 0.3 is 12.1 Å². The number of alkyl halides is 3. The predicted octanol–water partition coefficient (Wildman–Crippen LogP) is 3.23. The second kappa shape index (κ2) is 7.59. The molecule has 2 atom stereocenters.